The molecule has 0 spiro atoms. The molecule has 10 aromatic rings. The van der Waals surface area contributed by atoms with Crippen LogP contribution in [0.4, 0.5) is 32.0 Å². The molecular formula is C75H76ClF6NO2S. The van der Waals surface area contributed by atoms with Crippen molar-refractivity contribution in [2.45, 2.75) is 67.7 Å². The van der Waals surface area contributed by atoms with Gasteiger partial charge in [0, 0.05) is 11.4 Å². The maximum atomic E-state index is 12.8. The molecule has 0 saturated heterocycles. The standard InChI is InChI=1S/C13H8ClF3.C13H12F3NO2S.7C7H8/c14-12-8-10(9-4-2-1-3-5-9)6-7-11(12)13(15,16)17;1-8-4-2-3-5-9(8)17-12(18)10-11(13(14,15)16)19-6-7-20-10;7*1-7-5-3-2-4-6-7/h1-8H;2-5H,6-7H2,1H3,(H,17,18);7*2-6H,1H3. The molecule has 1 heterocycles. The number of allylic oxidation sites excluding steroid dienone is 1. The van der Waals surface area contributed by atoms with Gasteiger partial charge >= 0.3 is 12.4 Å². The number of hydrogen-bond donors (Lipinski definition) is 1. The second-order valence-electron chi connectivity index (χ2n) is 19.3. The summed E-state index contributed by atoms with van der Waals surface area (Å²) in [6.07, 6.45) is -9.07. The average Bonchev–Trinajstić information content (AvgIpc) is 2.40. The van der Waals surface area contributed by atoms with Crippen molar-refractivity contribution in [3.63, 3.8) is 0 Å². The normalized spacial score (nSPS) is 10.9. The molecule has 0 bridgehead atoms. The van der Waals surface area contributed by atoms with E-state index in [1.54, 1.807) is 31.2 Å². The van der Waals surface area contributed by atoms with Crippen molar-refractivity contribution < 1.29 is 35.9 Å². The minimum atomic E-state index is -4.66. The Hall–Kier alpha value is -8.57. The molecule has 11 heteroatoms. The van der Waals surface area contributed by atoms with E-state index >= 15 is 0 Å². The van der Waals surface area contributed by atoms with Crippen molar-refractivity contribution in [3.05, 3.63) is 351 Å². The molecule has 0 unspecified atom stereocenters. The number of hydrogen-bond acceptors (Lipinski definition) is 3. The molecule has 0 saturated carbocycles. The summed E-state index contributed by atoms with van der Waals surface area (Å²) in [5.74, 6) is -1.69. The predicted octanol–water partition coefficient (Wildman–Crippen LogP) is 22.5. The highest BCUT2D eigenvalue weighted by atomic mass is 35.5. The molecule has 0 fully saturated rings. The molecular weight excluding hydrogens is 1130 g/mol. The number of carbonyl (C=O) groups excluding carboxylic acids is 1. The zero-order valence-electron chi connectivity index (χ0n) is 49.9. The van der Waals surface area contributed by atoms with E-state index in [0.29, 0.717) is 17.0 Å². The monoisotopic (exact) mass is 1200 g/mol. The molecule has 1 amide bonds. The van der Waals surface area contributed by atoms with Crippen LogP contribution in [0.2, 0.25) is 5.02 Å². The van der Waals surface area contributed by atoms with Crippen LogP contribution in [0.5, 0.6) is 0 Å². The number of thioether (sulfide) groups is 1. The van der Waals surface area contributed by atoms with Gasteiger partial charge in [-0.3, -0.25) is 4.79 Å². The van der Waals surface area contributed by atoms with Crippen molar-refractivity contribution in [3.8, 4) is 11.1 Å². The van der Waals surface area contributed by atoms with E-state index in [0.717, 1.165) is 29.0 Å². The zero-order valence-corrected chi connectivity index (χ0v) is 51.5. The fraction of sp³-hybridized carbons (Fsp3) is 0.160. The fourth-order valence-electron chi connectivity index (χ4n) is 6.99. The number of carbonyl (C=O) groups is 1. The summed E-state index contributed by atoms with van der Waals surface area (Å²) in [6.45, 7) is 16.3. The van der Waals surface area contributed by atoms with Gasteiger partial charge in [-0.15, -0.1) is 11.8 Å². The topological polar surface area (TPSA) is 38.3 Å². The average molecular weight is 1200 g/mol. The minimum Gasteiger partial charge on any atom is -0.487 e. The Morgan fingerprint density at radius 1 is 0.395 bits per heavy atom. The summed E-state index contributed by atoms with van der Waals surface area (Å²) in [4.78, 5) is 11.6. The van der Waals surface area contributed by atoms with Crippen molar-refractivity contribution in [2.75, 3.05) is 17.7 Å². The number of anilines is 1. The summed E-state index contributed by atoms with van der Waals surface area (Å²) >= 11 is 6.50. The molecule has 86 heavy (non-hydrogen) atoms. The van der Waals surface area contributed by atoms with E-state index in [9.17, 15) is 31.1 Å². The lowest BCUT2D eigenvalue weighted by Gasteiger charge is -2.22. The lowest BCUT2D eigenvalue weighted by molar-refractivity contribution is -0.137. The molecule has 1 aliphatic rings. The molecule has 1 aliphatic heterocycles. The molecule has 0 atom stereocenters. The number of rotatable bonds is 3. The number of nitrogens with one attached hydrogen (secondary N) is 1. The van der Waals surface area contributed by atoms with Gasteiger partial charge in [-0.25, -0.2) is 0 Å². The largest absolute Gasteiger partial charge is 0.487 e. The molecule has 448 valence electrons. The summed E-state index contributed by atoms with van der Waals surface area (Å²) in [5.41, 5.74) is 11.2. The third kappa shape index (κ3) is 31.9. The Kier molecular flexibility index (Phi) is 33.9. The van der Waals surface area contributed by atoms with Crippen LogP contribution in [-0.2, 0) is 15.7 Å². The van der Waals surface area contributed by atoms with Crippen LogP contribution in [0.1, 0.15) is 50.1 Å². The van der Waals surface area contributed by atoms with Crippen LogP contribution < -0.4 is 5.32 Å². The first-order chi connectivity index (χ1) is 41.1. The van der Waals surface area contributed by atoms with Crippen LogP contribution in [0.15, 0.2) is 296 Å². The van der Waals surface area contributed by atoms with Gasteiger partial charge in [-0.2, -0.15) is 26.3 Å². The van der Waals surface area contributed by atoms with Gasteiger partial charge in [-0.05, 0) is 90.3 Å². The van der Waals surface area contributed by atoms with Crippen LogP contribution in [0, 0.1) is 55.4 Å². The Morgan fingerprint density at radius 3 is 0.965 bits per heavy atom. The third-order valence-corrected chi connectivity index (χ3v) is 12.9. The number of aryl methyl sites for hydroxylation is 8. The van der Waals surface area contributed by atoms with E-state index in [1.807, 2.05) is 158 Å². The van der Waals surface area contributed by atoms with Gasteiger partial charge in [0.1, 0.15) is 4.91 Å². The molecule has 0 aromatic heterocycles. The summed E-state index contributed by atoms with van der Waals surface area (Å²) < 4.78 is 80.5. The minimum absolute atomic E-state index is 0.0549. The maximum Gasteiger partial charge on any atom is 0.450 e. The van der Waals surface area contributed by atoms with Crippen LogP contribution >= 0.6 is 23.4 Å². The zero-order chi connectivity index (χ0) is 63.0. The highest BCUT2D eigenvalue weighted by Gasteiger charge is 2.42. The maximum absolute atomic E-state index is 12.8. The van der Waals surface area contributed by atoms with Gasteiger partial charge in [0.05, 0.1) is 17.2 Å². The second kappa shape index (κ2) is 40.6. The van der Waals surface area contributed by atoms with E-state index in [-0.39, 0.29) is 11.6 Å². The first kappa shape index (κ1) is 71.7. The summed E-state index contributed by atoms with van der Waals surface area (Å²) in [7, 11) is 0. The summed E-state index contributed by atoms with van der Waals surface area (Å²) in [5, 5.41) is 2.21. The van der Waals surface area contributed by atoms with Gasteiger partial charge in [0.15, 0.2) is 0 Å². The van der Waals surface area contributed by atoms with Gasteiger partial charge < -0.3 is 10.1 Å². The van der Waals surface area contributed by atoms with Crippen molar-refractivity contribution in [1.29, 1.82) is 0 Å². The molecule has 0 radical (unpaired) electrons. The Bertz CT molecular complexity index is 3020. The number of para-hydroxylation sites is 1. The van der Waals surface area contributed by atoms with E-state index in [4.69, 9.17) is 11.6 Å². The van der Waals surface area contributed by atoms with Crippen molar-refractivity contribution >= 4 is 35.0 Å². The van der Waals surface area contributed by atoms with Crippen molar-refractivity contribution in [2.24, 2.45) is 0 Å². The van der Waals surface area contributed by atoms with E-state index < -0.39 is 34.5 Å². The number of benzene rings is 10. The lowest BCUT2D eigenvalue weighted by atomic mass is 10.0. The molecule has 11 rings (SSSR count). The molecule has 3 nitrogen and oxygen atoms in total. The van der Waals surface area contributed by atoms with Crippen molar-refractivity contribution in [1.82, 2.24) is 0 Å². The predicted molar refractivity (Wildman–Crippen MR) is 351 cm³/mol. The lowest BCUT2D eigenvalue weighted by Crippen LogP contribution is -2.26. The number of ether oxygens (including phenoxy) is 1. The van der Waals surface area contributed by atoms with Crippen LogP contribution in [0.25, 0.3) is 11.1 Å². The quantitative estimate of drug-likeness (QED) is 0.179. The number of amides is 1. The smallest absolute Gasteiger partial charge is 0.450 e. The fourth-order valence-corrected chi connectivity index (χ4v) is 8.13. The van der Waals surface area contributed by atoms with Gasteiger partial charge in [0.2, 0.25) is 5.76 Å². The molecule has 10 aromatic carbocycles. The molecule has 1 N–H and O–H groups in total. The van der Waals surface area contributed by atoms with Gasteiger partial charge in [-0.1, -0.05) is 317 Å². The third-order valence-electron chi connectivity index (χ3n) is 11.6. The Morgan fingerprint density at radius 2 is 0.698 bits per heavy atom. The summed E-state index contributed by atoms with van der Waals surface area (Å²) in [6, 6.07) is 91.6. The Balaban J connectivity index is 0.000000264. The number of halogens is 7. The van der Waals surface area contributed by atoms with E-state index in [1.165, 1.54) is 51.1 Å². The van der Waals surface area contributed by atoms with Crippen LogP contribution in [-0.4, -0.2) is 24.4 Å². The first-order valence-electron chi connectivity index (χ1n) is 27.6. The first-order valence-corrected chi connectivity index (χ1v) is 29.0. The highest BCUT2D eigenvalue weighted by molar-refractivity contribution is 8.04. The second-order valence-corrected chi connectivity index (χ2v) is 20.8. The number of alkyl halides is 6. The Labute approximate surface area is 515 Å². The molecule has 0 aliphatic carbocycles. The highest BCUT2D eigenvalue weighted by Crippen LogP contribution is 2.38. The SMILES string of the molecule is Cc1ccccc1.Cc1ccccc1.Cc1ccccc1.Cc1ccccc1.Cc1ccccc1.Cc1ccccc1.Cc1ccccc1.Cc1ccccc1NC(=O)C1=C(C(F)(F)F)OCCS1.FC(F)(F)c1ccc(-c2ccccc2)cc1Cl. The van der Waals surface area contributed by atoms with Gasteiger partial charge in [0.25, 0.3) is 5.91 Å². The van der Waals surface area contributed by atoms with Crippen LogP contribution in [0.3, 0.4) is 0 Å². The van der Waals surface area contributed by atoms with E-state index in [2.05, 4.69) is 143 Å².